The molecule has 0 spiro atoms. The summed E-state index contributed by atoms with van der Waals surface area (Å²) in [5.74, 6) is -0.817. The molecule has 17 heavy (non-hydrogen) atoms. The van der Waals surface area contributed by atoms with Gasteiger partial charge >= 0.3 is 5.97 Å². The number of phenols is 1. The Bertz CT molecular complexity index is 420. The average Bonchev–Trinajstić information content (AvgIpc) is 2.23. The van der Waals surface area contributed by atoms with Gasteiger partial charge in [0, 0.05) is 23.7 Å². The summed E-state index contributed by atoms with van der Waals surface area (Å²) in [7, 11) is 0. The summed E-state index contributed by atoms with van der Waals surface area (Å²) in [6, 6.07) is 4.69. The number of phenolic OH excluding ortho intramolecular Hbond substituents is 1. The van der Waals surface area contributed by atoms with Gasteiger partial charge in [0.05, 0.1) is 6.54 Å². The van der Waals surface area contributed by atoms with Gasteiger partial charge in [0.25, 0.3) is 0 Å². The van der Waals surface area contributed by atoms with Gasteiger partial charge in [-0.15, -0.1) is 6.58 Å². The summed E-state index contributed by atoms with van der Waals surface area (Å²) in [5, 5.41) is 18.9. The van der Waals surface area contributed by atoms with Crippen molar-refractivity contribution in [1.29, 1.82) is 0 Å². The molecule has 0 fully saturated rings. The highest BCUT2D eigenvalue weighted by atomic mass is 35.5. The lowest BCUT2D eigenvalue weighted by Gasteiger charge is -2.19. The van der Waals surface area contributed by atoms with Crippen LogP contribution in [0.15, 0.2) is 30.9 Å². The van der Waals surface area contributed by atoms with Crippen molar-refractivity contribution in [2.24, 2.45) is 0 Å². The number of rotatable bonds is 6. The number of carbonyl (C=O) groups is 1. The molecule has 5 heteroatoms. The van der Waals surface area contributed by atoms with Gasteiger partial charge in [-0.05, 0) is 18.2 Å². The molecule has 1 aromatic carbocycles. The standard InChI is InChI=1S/C12H14ClNO3/c1-2-5-14(8-12(16)17)7-9-6-10(13)3-4-11(9)15/h2-4,6,15H,1,5,7-8H2,(H,16,17). The number of aliphatic carboxylic acids is 1. The Morgan fingerprint density at radius 1 is 1.53 bits per heavy atom. The molecule has 1 rings (SSSR count). The van der Waals surface area contributed by atoms with Gasteiger partial charge in [0.2, 0.25) is 0 Å². The van der Waals surface area contributed by atoms with Crippen molar-refractivity contribution in [1.82, 2.24) is 4.90 Å². The highest BCUT2D eigenvalue weighted by molar-refractivity contribution is 6.30. The van der Waals surface area contributed by atoms with Crippen LogP contribution in [0.2, 0.25) is 5.02 Å². The van der Waals surface area contributed by atoms with Crippen LogP contribution in [-0.2, 0) is 11.3 Å². The molecule has 0 amide bonds. The van der Waals surface area contributed by atoms with E-state index < -0.39 is 5.97 Å². The fourth-order valence-corrected chi connectivity index (χ4v) is 1.68. The Hall–Kier alpha value is -1.52. The normalized spacial score (nSPS) is 10.5. The first-order valence-electron chi connectivity index (χ1n) is 5.05. The maximum absolute atomic E-state index is 10.7. The van der Waals surface area contributed by atoms with E-state index in [4.69, 9.17) is 16.7 Å². The Balaban J connectivity index is 2.80. The molecule has 1 aromatic rings. The predicted molar refractivity (Wildman–Crippen MR) is 66.2 cm³/mol. The monoisotopic (exact) mass is 255 g/mol. The topological polar surface area (TPSA) is 60.8 Å². The smallest absolute Gasteiger partial charge is 0.317 e. The minimum atomic E-state index is -0.923. The highest BCUT2D eigenvalue weighted by Gasteiger charge is 2.11. The first-order chi connectivity index (χ1) is 8.02. The summed E-state index contributed by atoms with van der Waals surface area (Å²) in [6.45, 7) is 4.19. The second-order valence-corrected chi connectivity index (χ2v) is 4.06. The molecule has 2 N–H and O–H groups in total. The van der Waals surface area contributed by atoms with Crippen molar-refractivity contribution in [2.75, 3.05) is 13.1 Å². The van der Waals surface area contributed by atoms with E-state index in [0.717, 1.165) is 0 Å². The molecule has 92 valence electrons. The van der Waals surface area contributed by atoms with Crippen molar-refractivity contribution in [2.45, 2.75) is 6.54 Å². The van der Waals surface area contributed by atoms with Crippen LogP contribution >= 0.6 is 11.6 Å². The summed E-state index contributed by atoms with van der Waals surface area (Å²) in [6.07, 6.45) is 1.62. The van der Waals surface area contributed by atoms with Crippen LogP contribution < -0.4 is 0 Å². The van der Waals surface area contributed by atoms with Crippen LogP contribution in [0.25, 0.3) is 0 Å². The van der Waals surface area contributed by atoms with E-state index in [1.807, 2.05) is 0 Å². The molecule has 0 atom stereocenters. The van der Waals surface area contributed by atoms with Gasteiger partial charge in [0.1, 0.15) is 5.75 Å². The van der Waals surface area contributed by atoms with Crippen molar-refractivity contribution in [3.63, 3.8) is 0 Å². The average molecular weight is 256 g/mol. The number of benzene rings is 1. The van der Waals surface area contributed by atoms with Gasteiger partial charge in [-0.1, -0.05) is 17.7 Å². The number of hydrogen-bond acceptors (Lipinski definition) is 3. The Kier molecular flexibility index (Phi) is 5.00. The minimum Gasteiger partial charge on any atom is -0.508 e. The zero-order valence-electron chi connectivity index (χ0n) is 9.27. The molecule has 0 bridgehead atoms. The van der Waals surface area contributed by atoms with Gasteiger partial charge in [-0.2, -0.15) is 0 Å². The molecule has 0 saturated carbocycles. The third-order valence-corrected chi connectivity index (χ3v) is 2.42. The number of carboxylic acids is 1. The van der Waals surface area contributed by atoms with Crippen LogP contribution in [0.1, 0.15) is 5.56 Å². The Morgan fingerprint density at radius 3 is 2.82 bits per heavy atom. The summed E-state index contributed by atoms with van der Waals surface area (Å²) in [5.41, 5.74) is 0.598. The fraction of sp³-hybridized carbons (Fsp3) is 0.250. The number of hydrogen-bond donors (Lipinski definition) is 2. The zero-order chi connectivity index (χ0) is 12.8. The summed E-state index contributed by atoms with van der Waals surface area (Å²) < 4.78 is 0. The van der Waals surface area contributed by atoms with Gasteiger partial charge in [-0.25, -0.2) is 0 Å². The molecule has 0 aliphatic rings. The van der Waals surface area contributed by atoms with Crippen LogP contribution in [0.5, 0.6) is 5.75 Å². The number of nitrogens with zero attached hydrogens (tertiary/aromatic N) is 1. The van der Waals surface area contributed by atoms with Crippen LogP contribution in [0, 0.1) is 0 Å². The van der Waals surface area contributed by atoms with Crippen molar-refractivity contribution >= 4 is 17.6 Å². The fourth-order valence-electron chi connectivity index (χ4n) is 1.48. The van der Waals surface area contributed by atoms with E-state index >= 15 is 0 Å². The van der Waals surface area contributed by atoms with Gasteiger partial charge in [0.15, 0.2) is 0 Å². The summed E-state index contributed by atoms with van der Waals surface area (Å²) >= 11 is 5.82. The molecule has 0 saturated heterocycles. The number of halogens is 1. The maximum Gasteiger partial charge on any atom is 0.317 e. The van der Waals surface area contributed by atoms with Gasteiger partial charge < -0.3 is 10.2 Å². The lowest BCUT2D eigenvalue weighted by Crippen LogP contribution is -2.29. The molecule has 0 heterocycles. The first kappa shape index (κ1) is 13.5. The van der Waals surface area contributed by atoms with Crippen LogP contribution in [0.4, 0.5) is 0 Å². The van der Waals surface area contributed by atoms with Crippen LogP contribution in [0.3, 0.4) is 0 Å². The third-order valence-electron chi connectivity index (χ3n) is 2.18. The first-order valence-corrected chi connectivity index (χ1v) is 5.43. The molecular weight excluding hydrogens is 242 g/mol. The minimum absolute atomic E-state index is 0.105. The lowest BCUT2D eigenvalue weighted by atomic mass is 10.2. The van der Waals surface area contributed by atoms with E-state index in [1.54, 1.807) is 23.1 Å². The SMILES string of the molecule is C=CCN(CC(=O)O)Cc1cc(Cl)ccc1O. The van der Waals surface area contributed by atoms with Crippen LogP contribution in [-0.4, -0.2) is 34.2 Å². The largest absolute Gasteiger partial charge is 0.508 e. The maximum atomic E-state index is 10.7. The molecule has 0 unspecified atom stereocenters. The van der Waals surface area contributed by atoms with Crippen molar-refractivity contribution in [3.05, 3.63) is 41.4 Å². The summed E-state index contributed by atoms with van der Waals surface area (Å²) in [4.78, 5) is 12.3. The highest BCUT2D eigenvalue weighted by Crippen LogP contribution is 2.22. The van der Waals surface area contributed by atoms with E-state index in [2.05, 4.69) is 6.58 Å². The second-order valence-electron chi connectivity index (χ2n) is 3.63. The Morgan fingerprint density at radius 2 is 2.24 bits per heavy atom. The second kappa shape index (κ2) is 6.27. The third kappa shape index (κ3) is 4.46. The molecule has 4 nitrogen and oxygen atoms in total. The van der Waals surface area contributed by atoms with E-state index in [9.17, 15) is 9.90 Å². The molecular formula is C12H14ClNO3. The van der Waals surface area contributed by atoms with Crippen molar-refractivity contribution in [3.8, 4) is 5.75 Å². The van der Waals surface area contributed by atoms with E-state index in [-0.39, 0.29) is 12.3 Å². The lowest BCUT2D eigenvalue weighted by molar-refractivity contribution is -0.138. The zero-order valence-corrected chi connectivity index (χ0v) is 10.0. The van der Waals surface area contributed by atoms with E-state index in [1.165, 1.54) is 6.07 Å². The predicted octanol–water partition coefficient (Wildman–Crippen LogP) is 2.12. The quantitative estimate of drug-likeness (QED) is 0.765. The number of carboxylic acid groups (broad SMARTS) is 1. The van der Waals surface area contributed by atoms with Crippen molar-refractivity contribution < 1.29 is 15.0 Å². The molecule has 0 aliphatic carbocycles. The van der Waals surface area contributed by atoms with Gasteiger partial charge in [-0.3, -0.25) is 9.69 Å². The molecule has 0 radical (unpaired) electrons. The number of aromatic hydroxyl groups is 1. The van der Waals surface area contributed by atoms with E-state index in [0.29, 0.717) is 23.7 Å². The molecule has 0 aromatic heterocycles. The Labute approximate surface area is 105 Å². The molecule has 0 aliphatic heterocycles.